The lowest BCUT2D eigenvalue weighted by molar-refractivity contribution is 0.173. The van der Waals surface area contributed by atoms with Crippen molar-refractivity contribution in [3.63, 3.8) is 0 Å². The first-order chi connectivity index (χ1) is 5.66. The molecule has 1 aromatic heterocycles. The standard InChI is InChI=1S/C8H12BrNOS/c1-5-4-12-8(7(5)9)6(11)2-3-10/h4,6,11H,2-3,10H2,1H3/t6-/m0/s1. The maximum atomic E-state index is 9.62. The molecule has 0 unspecified atom stereocenters. The van der Waals surface area contributed by atoms with Crippen molar-refractivity contribution in [3.8, 4) is 0 Å². The Bertz CT molecular complexity index is 262. The molecule has 1 atom stereocenters. The van der Waals surface area contributed by atoms with Gasteiger partial charge in [0, 0.05) is 9.35 Å². The van der Waals surface area contributed by atoms with E-state index in [1.807, 2.05) is 12.3 Å². The zero-order valence-electron chi connectivity index (χ0n) is 6.88. The van der Waals surface area contributed by atoms with E-state index >= 15 is 0 Å². The number of hydrogen-bond donors (Lipinski definition) is 2. The Morgan fingerprint density at radius 2 is 2.42 bits per heavy atom. The fourth-order valence-electron chi connectivity index (χ4n) is 0.963. The lowest BCUT2D eigenvalue weighted by atomic mass is 10.2. The summed E-state index contributed by atoms with van der Waals surface area (Å²) in [5.41, 5.74) is 6.53. The van der Waals surface area contributed by atoms with Gasteiger partial charge in [-0.2, -0.15) is 0 Å². The van der Waals surface area contributed by atoms with Gasteiger partial charge in [0.1, 0.15) is 0 Å². The summed E-state index contributed by atoms with van der Waals surface area (Å²) in [5.74, 6) is 0. The molecule has 4 heteroatoms. The molecule has 3 N–H and O–H groups in total. The van der Waals surface area contributed by atoms with Crippen molar-refractivity contribution >= 4 is 27.3 Å². The Morgan fingerprint density at radius 3 is 2.83 bits per heavy atom. The van der Waals surface area contributed by atoms with Gasteiger partial charge in [0.25, 0.3) is 0 Å². The Hall–Kier alpha value is 0.100. The van der Waals surface area contributed by atoms with Crippen LogP contribution in [0.5, 0.6) is 0 Å². The van der Waals surface area contributed by atoms with Crippen molar-refractivity contribution in [1.29, 1.82) is 0 Å². The number of nitrogens with two attached hydrogens (primary N) is 1. The number of aliphatic hydroxyl groups excluding tert-OH is 1. The number of thiophene rings is 1. The highest BCUT2D eigenvalue weighted by Crippen LogP contribution is 2.33. The first kappa shape index (κ1) is 10.2. The second-order valence-electron chi connectivity index (χ2n) is 2.69. The third-order valence-corrected chi connectivity index (χ3v) is 4.18. The zero-order valence-corrected chi connectivity index (χ0v) is 9.28. The van der Waals surface area contributed by atoms with Gasteiger partial charge in [-0.25, -0.2) is 0 Å². The Kier molecular flexibility index (Phi) is 3.71. The molecule has 2 nitrogen and oxygen atoms in total. The molecule has 0 amide bonds. The van der Waals surface area contributed by atoms with Crippen LogP contribution in [0.1, 0.15) is 23.0 Å². The van der Waals surface area contributed by atoms with E-state index in [0.717, 1.165) is 9.35 Å². The molecule has 0 aliphatic rings. The Balaban J connectivity index is 2.80. The van der Waals surface area contributed by atoms with Crippen LogP contribution in [0, 0.1) is 6.92 Å². The summed E-state index contributed by atoms with van der Waals surface area (Å²) in [6.07, 6.45) is 0.210. The number of hydrogen-bond acceptors (Lipinski definition) is 3. The molecule has 68 valence electrons. The summed E-state index contributed by atoms with van der Waals surface area (Å²) in [6, 6.07) is 0. The SMILES string of the molecule is Cc1csc([C@@H](O)CCN)c1Br. The van der Waals surface area contributed by atoms with Crippen molar-refractivity contribution in [2.45, 2.75) is 19.4 Å². The van der Waals surface area contributed by atoms with Crippen molar-refractivity contribution in [2.24, 2.45) is 5.73 Å². The van der Waals surface area contributed by atoms with Gasteiger partial charge in [0.15, 0.2) is 0 Å². The van der Waals surface area contributed by atoms with E-state index in [9.17, 15) is 5.11 Å². The number of rotatable bonds is 3. The van der Waals surface area contributed by atoms with Crippen LogP contribution in [-0.4, -0.2) is 11.7 Å². The lowest BCUT2D eigenvalue weighted by Crippen LogP contribution is -2.05. The highest BCUT2D eigenvalue weighted by molar-refractivity contribution is 9.10. The predicted molar refractivity (Wildman–Crippen MR) is 55.4 cm³/mol. The van der Waals surface area contributed by atoms with Crippen LogP contribution in [0.4, 0.5) is 0 Å². The molecule has 0 aliphatic carbocycles. The van der Waals surface area contributed by atoms with Crippen LogP contribution >= 0.6 is 27.3 Å². The minimum absolute atomic E-state index is 0.414. The smallest absolute Gasteiger partial charge is 0.0905 e. The van der Waals surface area contributed by atoms with Crippen LogP contribution in [0.15, 0.2) is 9.85 Å². The molecule has 0 aliphatic heterocycles. The third-order valence-electron chi connectivity index (χ3n) is 1.67. The summed E-state index contributed by atoms with van der Waals surface area (Å²) in [5, 5.41) is 11.6. The van der Waals surface area contributed by atoms with Gasteiger partial charge in [-0.3, -0.25) is 0 Å². The highest BCUT2D eigenvalue weighted by atomic mass is 79.9. The second kappa shape index (κ2) is 4.37. The van der Waals surface area contributed by atoms with E-state index in [1.54, 1.807) is 11.3 Å². The molecule has 1 heterocycles. The molecule has 0 radical (unpaired) electrons. The molecule has 0 saturated heterocycles. The van der Waals surface area contributed by atoms with Crippen LogP contribution in [0.25, 0.3) is 0 Å². The topological polar surface area (TPSA) is 46.2 Å². The molecular formula is C8H12BrNOS. The summed E-state index contributed by atoms with van der Waals surface area (Å²) in [6.45, 7) is 2.53. The first-order valence-corrected chi connectivity index (χ1v) is 5.45. The molecule has 0 saturated carbocycles. The lowest BCUT2D eigenvalue weighted by Gasteiger charge is -2.06. The number of halogens is 1. The van der Waals surface area contributed by atoms with Gasteiger partial charge < -0.3 is 10.8 Å². The molecule has 1 rings (SSSR count). The van der Waals surface area contributed by atoms with E-state index in [-0.39, 0.29) is 0 Å². The largest absolute Gasteiger partial charge is 0.387 e. The minimum atomic E-state index is -0.414. The Labute approximate surface area is 84.5 Å². The fraction of sp³-hybridized carbons (Fsp3) is 0.500. The van der Waals surface area contributed by atoms with Crippen molar-refractivity contribution in [2.75, 3.05) is 6.54 Å². The Morgan fingerprint density at radius 1 is 1.75 bits per heavy atom. The third kappa shape index (κ3) is 2.07. The molecule has 0 bridgehead atoms. The molecule has 0 fully saturated rings. The maximum absolute atomic E-state index is 9.62. The van der Waals surface area contributed by atoms with Crippen LogP contribution in [-0.2, 0) is 0 Å². The molecular weight excluding hydrogens is 238 g/mol. The van der Waals surface area contributed by atoms with Crippen molar-refractivity contribution in [3.05, 3.63) is 20.3 Å². The van der Waals surface area contributed by atoms with Crippen molar-refractivity contribution in [1.82, 2.24) is 0 Å². The average Bonchev–Trinajstić information content (AvgIpc) is 2.34. The van der Waals surface area contributed by atoms with Crippen LogP contribution < -0.4 is 5.73 Å². The number of aryl methyl sites for hydroxylation is 1. The van der Waals surface area contributed by atoms with Gasteiger partial charge in [0.2, 0.25) is 0 Å². The normalized spacial score (nSPS) is 13.3. The highest BCUT2D eigenvalue weighted by Gasteiger charge is 2.13. The van der Waals surface area contributed by atoms with Gasteiger partial charge in [-0.15, -0.1) is 11.3 Å². The molecule has 12 heavy (non-hydrogen) atoms. The summed E-state index contributed by atoms with van der Waals surface area (Å²) in [7, 11) is 0. The monoisotopic (exact) mass is 249 g/mol. The molecule has 0 spiro atoms. The average molecular weight is 250 g/mol. The fourth-order valence-corrected chi connectivity index (χ4v) is 2.74. The van der Waals surface area contributed by atoms with Gasteiger partial charge in [-0.1, -0.05) is 0 Å². The van der Waals surface area contributed by atoms with Gasteiger partial charge in [0.05, 0.1) is 6.10 Å². The van der Waals surface area contributed by atoms with Crippen molar-refractivity contribution < 1.29 is 5.11 Å². The van der Waals surface area contributed by atoms with Crippen LogP contribution in [0.3, 0.4) is 0 Å². The zero-order chi connectivity index (χ0) is 9.14. The molecule has 1 aromatic rings. The summed E-state index contributed by atoms with van der Waals surface area (Å²) in [4.78, 5) is 0.984. The van der Waals surface area contributed by atoms with Gasteiger partial charge in [-0.05, 0) is 46.8 Å². The second-order valence-corrected chi connectivity index (χ2v) is 4.39. The van der Waals surface area contributed by atoms with E-state index in [1.165, 1.54) is 5.56 Å². The molecule has 0 aromatic carbocycles. The van der Waals surface area contributed by atoms with E-state index in [0.29, 0.717) is 13.0 Å². The van der Waals surface area contributed by atoms with Crippen LogP contribution in [0.2, 0.25) is 0 Å². The summed E-state index contributed by atoms with van der Waals surface area (Å²) < 4.78 is 1.02. The quantitative estimate of drug-likeness (QED) is 0.863. The minimum Gasteiger partial charge on any atom is -0.387 e. The van der Waals surface area contributed by atoms with E-state index in [4.69, 9.17) is 5.73 Å². The van der Waals surface area contributed by atoms with E-state index in [2.05, 4.69) is 15.9 Å². The number of aliphatic hydroxyl groups is 1. The maximum Gasteiger partial charge on any atom is 0.0905 e. The summed E-state index contributed by atoms with van der Waals surface area (Å²) >= 11 is 5.00. The first-order valence-electron chi connectivity index (χ1n) is 3.78. The van der Waals surface area contributed by atoms with E-state index < -0.39 is 6.10 Å². The van der Waals surface area contributed by atoms with Gasteiger partial charge >= 0.3 is 0 Å². The predicted octanol–water partition coefficient (Wildman–Crippen LogP) is 2.20.